The van der Waals surface area contributed by atoms with E-state index in [1.165, 1.54) is 0 Å². The Labute approximate surface area is 90.2 Å². The van der Waals surface area contributed by atoms with Gasteiger partial charge in [-0.05, 0) is 6.92 Å². The Hall–Kier alpha value is -0.210. The van der Waals surface area contributed by atoms with Crippen molar-refractivity contribution in [3.05, 3.63) is 0 Å². The molecule has 0 aromatic rings. The van der Waals surface area contributed by atoms with E-state index in [1.54, 1.807) is 6.92 Å². The van der Waals surface area contributed by atoms with Gasteiger partial charge in [0.2, 0.25) is 10.0 Å². The predicted octanol–water partition coefficient (Wildman–Crippen LogP) is -1.33. The van der Waals surface area contributed by atoms with Crippen LogP contribution in [-0.2, 0) is 19.5 Å². The van der Waals surface area contributed by atoms with Crippen LogP contribution in [0.4, 0.5) is 0 Å². The standard InChI is InChI=1S/C8H18N2O4S/c1-7(4-9)15(11,12)10-5-8-6-13-2-3-14-8/h7-8,10H,2-6,9H2,1H3. The fourth-order valence-corrected chi connectivity index (χ4v) is 2.09. The van der Waals surface area contributed by atoms with Crippen LogP contribution in [0.2, 0.25) is 0 Å². The van der Waals surface area contributed by atoms with E-state index < -0.39 is 15.3 Å². The van der Waals surface area contributed by atoms with Gasteiger partial charge in [0, 0.05) is 13.1 Å². The van der Waals surface area contributed by atoms with Crippen LogP contribution >= 0.6 is 0 Å². The van der Waals surface area contributed by atoms with Crippen molar-refractivity contribution in [2.45, 2.75) is 18.3 Å². The van der Waals surface area contributed by atoms with Gasteiger partial charge in [-0.25, -0.2) is 13.1 Å². The first kappa shape index (κ1) is 12.9. The summed E-state index contributed by atoms with van der Waals surface area (Å²) in [6.45, 7) is 3.44. The highest BCUT2D eigenvalue weighted by atomic mass is 32.2. The molecule has 1 fully saturated rings. The van der Waals surface area contributed by atoms with Crippen molar-refractivity contribution in [1.82, 2.24) is 4.72 Å². The third-order valence-electron chi connectivity index (χ3n) is 2.26. The summed E-state index contributed by atoms with van der Waals surface area (Å²) in [6, 6.07) is 0. The minimum Gasteiger partial charge on any atom is -0.376 e. The zero-order valence-corrected chi connectivity index (χ0v) is 9.63. The van der Waals surface area contributed by atoms with Gasteiger partial charge in [-0.3, -0.25) is 0 Å². The molecule has 0 amide bonds. The van der Waals surface area contributed by atoms with Crippen molar-refractivity contribution in [3.63, 3.8) is 0 Å². The van der Waals surface area contributed by atoms with Crippen molar-refractivity contribution >= 4 is 10.0 Å². The molecule has 3 N–H and O–H groups in total. The number of sulfonamides is 1. The van der Waals surface area contributed by atoms with E-state index in [0.717, 1.165) is 0 Å². The minimum atomic E-state index is -3.32. The Balaban J connectivity index is 2.35. The molecule has 2 unspecified atom stereocenters. The van der Waals surface area contributed by atoms with Gasteiger partial charge in [0.25, 0.3) is 0 Å². The van der Waals surface area contributed by atoms with Gasteiger partial charge in [-0.1, -0.05) is 0 Å². The van der Waals surface area contributed by atoms with Gasteiger partial charge in [-0.2, -0.15) is 0 Å². The summed E-state index contributed by atoms with van der Waals surface area (Å²) in [6.07, 6.45) is -0.196. The molecule has 6 nitrogen and oxygen atoms in total. The lowest BCUT2D eigenvalue weighted by Gasteiger charge is -2.23. The molecule has 0 spiro atoms. The number of hydrogen-bond donors (Lipinski definition) is 2. The Morgan fingerprint density at radius 1 is 1.53 bits per heavy atom. The average molecular weight is 238 g/mol. The molecule has 1 heterocycles. The summed E-state index contributed by atoms with van der Waals surface area (Å²) in [7, 11) is -3.32. The number of hydrogen-bond acceptors (Lipinski definition) is 5. The summed E-state index contributed by atoms with van der Waals surface area (Å²) >= 11 is 0. The molecule has 0 bridgehead atoms. The zero-order chi connectivity index (χ0) is 11.3. The smallest absolute Gasteiger partial charge is 0.215 e. The highest BCUT2D eigenvalue weighted by Gasteiger charge is 2.22. The lowest BCUT2D eigenvalue weighted by Crippen LogP contribution is -2.44. The van der Waals surface area contributed by atoms with Crippen LogP contribution in [0.25, 0.3) is 0 Å². The maximum absolute atomic E-state index is 11.5. The predicted molar refractivity (Wildman–Crippen MR) is 56.0 cm³/mol. The minimum absolute atomic E-state index is 0.108. The second-order valence-electron chi connectivity index (χ2n) is 3.51. The third kappa shape index (κ3) is 4.04. The first-order chi connectivity index (χ1) is 7.06. The number of ether oxygens (including phenoxy) is 2. The molecule has 0 aromatic carbocycles. The maximum atomic E-state index is 11.5. The van der Waals surface area contributed by atoms with E-state index in [4.69, 9.17) is 15.2 Å². The van der Waals surface area contributed by atoms with Gasteiger partial charge >= 0.3 is 0 Å². The average Bonchev–Trinajstić information content (AvgIpc) is 2.27. The molecule has 15 heavy (non-hydrogen) atoms. The molecule has 0 aromatic heterocycles. The summed E-state index contributed by atoms with van der Waals surface area (Å²) in [5, 5.41) is -0.581. The first-order valence-corrected chi connectivity index (χ1v) is 6.49. The molecule has 0 aliphatic carbocycles. The molecular weight excluding hydrogens is 220 g/mol. The summed E-state index contributed by atoms with van der Waals surface area (Å²) in [4.78, 5) is 0. The van der Waals surface area contributed by atoms with Crippen molar-refractivity contribution in [3.8, 4) is 0 Å². The largest absolute Gasteiger partial charge is 0.376 e. The third-order valence-corrected chi connectivity index (χ3v) is 4.08. The summed E-state index contributed by atoms with van der Waals surface area (Å²) < 4.78 is 36.0. The lowest BCUT2D eigenvalue weighted by atomic mass is 10.3. The molecular formula is C8H18N2O4S. The number of rotatable bonds is 5. The second-order valence-corrected chi connectivity index (χ2v) is 5.69. The van der Waals surface area contributed by atoms with Crippen LogP contribution in [0.15, 0.2) is 0 Å². The van der Waals surface area contributed by atoms with Crippen molar-refractivity contribution in [2.75, 3.05) is 32.9 Å². The molecule has 1 aliphatic heterocycles. The highest BCUT2D eigenvalue weighted by Crippen LogP contribution is 2.01. The maximum Gasteiger partial charge on any atom is 0.215 e. The van der Waals surface area contributed by atoms with Gasteiger partial charge in [0.05, 0.1) is 31.2 Å². The first-order valence-electron chi connectivity index (χ1n) is 4.94. The van der Waals surface area contributed by atoms with Gasteiger partial charge in [0.1, 0.15) is 0 Å². The van der Waals surface area contributed by atoms with E-state index in [2.05, 4.69) is 4.72 Å². The Bertz CT molecular complexity index is 274. The molecule has 1 aliphatic rings. The van der Waals surface area contributed by atoms with E-state index in [1.807, 2.05) is 0 Å². The summed E-state index contributed by atoms with van der Waals surface area (Å²) in [5.41, 5.74) is 5.29. The monoisotopic (exact) mass is 238 g/mol. The fourth-order valence-electron chi connectivity index (χ4n) is 1.13. The van der Waals surface area contributed by atoms with Gasteiger partial charge < -0.3 is 15.2 Å². The Kier molecular flexibility index (Phi) is 4.94. The molecule has 90 valence electrons. The quantitative estimate of drug-likeness (QED) is 0.619. The van der Waals surface area contributed by atoms with Crippen LogP contribution < -0.4 is 10.5 Å². The highest BCUT2D eigenvalue weighted by molar-refractivity contribution is 7.90. The molecule has 0 saturated carbocycles. The zero-order valence-electron chi connectivity index (χ0n) is 8.81. The number of nitrogens with one attached hydrogen (secondary N) is 1. The second kappa shape index (κ2) is 5.76. The van der Waals surface area contributed by atoms with Crippen molar-refractivity contribution < 1.29 is 17.9 Å². The fraction of sp³-hybridized carbons (Fsp3) is 1.00. The van der Waals surface area contributed by atoms with Crippen molar-refractivity contribution in [1.29, 1.82) is 0 Å². The lowest BCUT2D eigenvalue weighted by molar-refractivity contribution is -0.0847. The Morgan fingerprint density at radius 2 is 2.27 bits per heavy atom. The summed E-state index contributed by atoms with van der Waals surface area (Å²) in [5.74, 6) is 0. The van der Waals surface area contributed by atoms with E-state index in [9.17, 15) is 8.42 Å². The van der Waals surface area contributed by atoms with Crippen molar-refractivity contribution in [2.24, 2.45) is 5.73 Å². The topological polar surface area (TPSA) is 90.7 Å². The molecule has 1 rings (SSSR count). The Morgan fingerprint density at radius 3 is 2.80 bits per heavy atom. The van der Waals surface area contributed by atoms with E-state index in [0.29, 0.717) is 19.8 Å². The van der Waals surface area contributed by atoms with Crippen LogP contribution in [0.3, 0.4) is 0 Å². The van der Waals surface area contributed by atoms with Crippen LogP contribution in [-0.4, -0.2) is 52.7 Å². The molecule has 7 heteroatoms. The normalized spacial score (nSPS) is 25.1. The van der Waals surface area contributed by atoms with E-state index in [-0.39, 0.29) is 19.2 Å². The van der Waals surface area contributed by atoms with E-state index >= 15 is 0 Å². The van der Waals surface area contributed by atoms with Gasteiger partial charge in [0.15, 0.2) is 0 Å². The van der Waals surface area contributed by atoms with Gasteiger partial charge in [-0.15, -0.1) is 0 Å². The number of nitrogens with two attached hydrogens (primary N) is 1. The molecule has 2 atom stereocenters. The van der Waals surface area contributed by atoms with Crippen LogP contribution in [0.5, 0.6) is 0 Å². The molecule has 1 saturated heterocycles. The molecule has 0 radical (unpaired) electrons. The SMILES string of the molecule is CC(CN)S(=O)(=O)NCC1COCCO1. The van der Waals surface area contributed by atoms with Crippen LogP contribution in [0, 0.1) is 0 Å². The van der Waals surface area contributed by atoms with Crippen LogP contribution in [0.1, 0.15) is 6.92 Å².